The zero-order chi connectivity index (χ0) is 34.1. The summed E-state index contributed by atoms with van der Waals surface area (Å²) in [6.07, 6.45) is 6.45. The fourth-order valence-corrected chi connectivity index (χ4v) is 6.21. The van der Waals surface area contributed by atoms with E-state index in [4.69, 9.17) is 28.4 Å². The number of esters is 2. The Labute approximate surface area is 274 Å². The van der Waals surface area contributed by atoms with Crippen LogP contribution in [0.4, 0.5) is 0 Å². The first-order chi connectivity index (χ1) is 22.2. The van der Waals surface area contributed by atoms with Crippen molar-refractivity contribution in [3.05, 3.63) is 76.4 Å². The number of hydrogen-bond acceptors (Lipinski definition) is 11. The van der Waals surface area contributed by atoms with E-state index in [1.165, 1.54) is 20.1 Å². The second-order valence-corrected chi connectivity index (χ2v) is 12.8. The number of rotatable bonds is 9. The predicted molar refractivity (Wildman–Crippen MR) is 171 cm³/mol. The normalized spacial score (nSPS) is 30.4. The van der Waals surface area contributed by atoms with Gasteiger partial charge in [-0.25, -0.2) is 9.78 Å². The van der Waals surface area contributed by atoms with Crippen LogP contribution in [0.25, 0.3) is 12.2 Å². The molecule has 0 spiro atoms. The van der Waals surface area contributed by atoms with E-state index >= 15 is 0 Å². The lowest BCUT2D eigenvalue weighted by atomic mass is 9.84. The van der Waals surface area contributed by atoms with E-state index in [0.717, 1.165) is 22.3 Å². The zero-order valence-corrected chi connectivity index (χ0v) is 27.8. The molecule has 254 valence electrons. The van der Waals surface area contributed by atoms with Gasteiger partial charge < -0.3 is 43.2 Å². The number of carbonyl (C=O) groups excluding carboxylic acids is 2. The number of nitrogens with zero attached hydrogens (tertiary/aromatic N) is 2. The van der Waals surface area contributed by atoms with Gasteiger partial charge in [0, 0.05) is 45.3 Å². The summed E-state index contributed by atoms with van der Waals surface area (Å²) >= 11 is 0. The van der Waals surface area contributed by atoms with E-state index in [1.807, 2.05) is 33.0 Å². The van der Waals surface area contributed by atoms with Crippen molar-refractivity contribution < 1.29 is 48.2 Å². The van der Waals surface area contributed by atoms with Gasteiger partial charge in [-0.15, -0.1) is 0 Å². The lowest BCUT2D eigenvalue weighted by Crippen LogP contribution is -2.55. The Morgan fingerprint density at radius 2 is 1.98 bits per heavy atom. The molecule has 1 aromatic heterocycles. The van der Waals surface area contributed by atoms with Crippen LogP contribution in [0.2, 0.25) is 0 Å². The number of benzene rings is 1. The summed E-state index contributed by atoms with van der Waals surface area (Å²) in [5.74, 6) is -2.50. The number of aliphatic hydroxyl groups excluding tert-OH is 2. The largest absolute Gasteiger partial charge is 0.455 e. The number of aromatic nitrogens is 2. The fourth-order valence-electron chi connectivity index (χ4n) is 6.21. The molecule has 5 rings (SSSR count). The van der Waals surface area contributed by atoms with E-state index in [-0.39, 0.29) is 19.1 Å². The highest BCUT2D eigenvalue weighted by atomic mass is 16.7. The van der Waals surface area contributed by atoms with Crippen LogP contribution < -0.4 is 0 Å². The number of methoxy groups -OCH3 is 1. The quantitative estimate of drug-likeness (QED) is 0.234. The maximum atomic E-state index is 13.2. The Kier molecular flexibility index (Phi) is 10.2. The lowest BCUT2D eigenvalue weighted by molar-refractivity contribution is -0.277. The molecule has 12 nitrogen and oxygen atoms in total. The summed E-state index contributed by atoms with van der Waals surface area (Å²) in [6.45, 7) is 8.92. The maximum absolute atomic E-state index is 13.2. The minimum absolute atomic E-state index is 0.123. The monoisotopic (exact) mass is 652 g/mol. The molecule has 3 aliphatic heterocycles. The number of fused-ring (bicyclic) bond motifs is 3. The minimum Gasteiger partial charge on any atom is -0.455 e. The number of imidazole rings is 1. The Balaban J connectivity index is 1.53. The predicted octanol–water partition coefficient (Wildman–Crippen LogP) is 3.13. The second-order valence-electron chi connectivity index (χ2n) is 12.8. The number of carbonyl (C=O) groups is 2. The summed E-state index contributed by atoms with van der Waals surface area (Å²) in [5, 5.41) is 20.8. The summed E-state index contributed by atoms with van der Waals surface area (Å²) in [7, 11) is 3.36. The zero-order valence-electron chi connectivity index (χ0n) is 27.8. The van der Waals surface area contributed by atoms with E-state index in [9.17, 15) is 19.8 Å². The standard InChI is InChI=1S/C35H44N2O10/c1-20(2)25-10-8-21(3)26-15-29(46-30(40)11-9-24-16-37(6)19-36-24)34(5)12-13-35(42-7,47-34)23(14-27(25)26)17-43-33-32(45-22(4)38)31(41)28(39)18-44-33/h8-14,16,19-20,28-29,31-33,39,41H,15,17-18H2,1-7H3/b11-9+,23-14?/t28-,29+,31-,32+,33-,34+,35-/m1/s1. The van der Waals surface area contributed by atoms with Crippen LogP contribution in [0.1, 0.15) is 61.6 Å². The summed E-state index contributed by atoms with van der Waals surface area (Å²) in [5.41, 5.74) is 4.02. The van der Waals surface area contributed by atoms with Gasteiger partial charge in [-0.3, -0.25) is 4.79 Å². The minimum atomic E-state index is -1.44. The third-order valence-electron chi connectivity index (χ3n) is 8.86. The first kappa shape index (κ1) is 34.7. The molecule has 47 heavy (non-hydrogen) atoms. The van der Waals surface area contributed by atoms with Gasteiger partial charge in [-0.2, -0.15) is 0 Å². The molecule has 2 bridgehead atoms. The van der Waals surface area contributed by atoms with Crippen molar-refractivity contribution in [2.45, 2.75) is 89.1 Å². The number of hydrogen-bond donors (Lipinski definition) is 2. The van der Waals surface area contributed by atoms with Crippen molar-refractivity contribution in [2.24, 2.45) is 7.05 Å². The van der Waals surface area contributed by atoms with Crippen LogP contribution in [-0.2, 0) is 51.5 Å². The van der Waals surface area contributed by atoms with E-state index in [0.29, 0.717) is 17.7 Å². The topological polar surface area (TPSA) is 148 Å². The molecule has 0 saturated carbocycles. The summed E-state index contributed by atoms with van der Waals surface area (Å²) in [4.78, 5) is 29.3. The maximum Gasteiger partial charge on any atom is 0.331 e. The van der Waals surface area contributed by atoms with E-state index < -0.39 is 54.0 Å². The molecule has 1 saturated heterocycles. The Morgan fingerprint density at radius 1 is 1.21 bits per heavy atom. The Hall–Kier alpha value is -3.65. The fraction of sp³-hybridized carbons (Fsp3) is 0.514. The van der Waals surface area contributed by atoms with Crippen LogP contribution in [0.3, 0.4) is 0 Å². The van der Waals surface area contributed by atoms with Crippen molar-refractivity contribution in [3.63, 3.8) is 0 Å². The number of aryl methyl sites for hydroxylation is 2. The van der Waals surface area contributed by atoms with Crippen molar-refractivity contribution in [1.29, 1.82) is 0 Å². The average molecular weight is 653 g/mol. The lowest BCUT2D eigenvalue weighted by Gasteiger charge is -2.39. The van der Waals surface area contributed by atoms with Gasteiger partial charge in [0.05, 0.1) is 25.2 Å². The van der Waals surface area contributed by atoms with Gasteiger partial charge >= 0.3 is 11.9 Å². The van der Waals surface area contributed by atoms with Crippen LogP contribution in [-0.4, -0.2) is 94.1 Å². The molecule has 3 aliphatic rings. The van der Waals surface area contributed by atoms with Crippen LogP contribution in [0, 0.1) is 6.92 Å². The van der Waals surface area contributed by atoms with Crippen LogP contribution >= 0.6 is 0 Å². The Morgan fingerprint density at radius 3 is 2.64 bits per heavy atom. The molecular weight excluding hydrogens is 608 g/mol. The molecule has 0 amide bonds. The van der Waals surface area contributed by atoms with Gasteiger partial charge in [-0.05, 0) is 66.3 Å². The molecule has 2 aromatic rings. The molecule has 1 aromatic carbocycles. The van der Waals surface area contributed by atoms with Crippen LogP contribution in [0.5, 0.6) is 0 Å². The van der Waals surface area contributed by atoms with Gasteiger partial charge in [-0.1, -0.05) is 26.0 Å². The highest BCUT2D eigenvalue weighted by Crippen LogP contribution is 2.44. The average Bonchev–Trinajstić information content (AvgIpc) is 3.61. The van der Waals surface area contributed by atoms with Gasteiger partial charge in [0.1, 0.15) is 23.9 Å². The van der Waals surface area contributed by atoms with Crippen molar-refractivity contribution in [2.75, 3.05) is 20.3 Å². The van der Waals surface area contributed by atoms with Crippen molar-refractivity contribution in [3.8, 4) is 0 Å². The first-order valence-electron chi connectivity index (χ1n) is 15.7. The Bertz CT molecular complexity index is 1580. The molecule has 1 fully saturated rings. The van der Waals surface area contributed by atoms with Gasteiger partial charge in [0.2, 0.25) is 5.79 Å². The molecule has 0 aliphatic carbocycles. The summed E-state index contributed by atoms with van der Waals surface area (Å²) in [6, 6.07) is 4.14. The third-order valence-corrected chi connectivity index (χ3v) is 8.86. The SMILES string of the molecule is CO[C@]12C=C[C@](C)(O1)[C@@H](OC(=O)/C=C/c1cn(C)cn1)Cc1c(C)ccc(C(C)C)c1C=C2CO[C@@H]1OC[C@@H](O)[C@@H](O)[C@@H]1OC(C)=O. The van der Waals surface area contributed by atoms with Gasteiger partial charge in [0.25, 0.3) is 0 Å². The number of ether oxygens (including phenoxy) is 6. The van der Waals surface area contributed by atoms with Crippen LogP contribution in [0.15, 0.2) is 48.5 Å². The highest BCUT2D eigenvalue weighted by molar-refractivity contribution is 5.87. The number of aliphatic hydroxyl groups is 2. The molecule has 4 heterocycles. The second kappa shape index (κ2) is 13.8. The molecule has 2 N–H and O–H groups in total. The highest BCUT2D eigenvalue weighted by Gasteiger charge is 2.52. The smallest absolute Gasteiger partial charge is 0.331 e. The molecular formula is C35H44N2O10. The molecule has 0 radical (unpaired) electrons. The first-order valence-corrected chi connectivity index (χ1v) is 15.7. The molecule has 12 heteroatoms. The van der Waals surface area contributed by atoms with Crippen molar-refractivity contribution >= 4 is 24.1 Å². The van der Waals surface area contributed by atoms with E-state index in [1.54, 1.807) is 29.2 Å². The molecule has 7 atom stereocenters. The molecule has 0 unspecified atom stereocenters. The van der Waals surface area contributed by atoms with Crippen molar-refractivity contribution in [1.82, 2.24) is 9.55 Å². The van der Waals surface area contributed by atoms with E-state index in [2.05, 4.69) is 31.0 Å². The third kappa shape index (κ3) is 7.28. The summed E-state index contributed by atoms with van der Waals surface area (Å²) < 4.78 is 37.9. The van der Waals surface area contributed by atoms with Gasteiger partial charge in [0.15, 0.2) is 12.4 Å².